The number of anilines is 1. The number of rotatable bonds is 7. The van der Waals surface area contributed by atoms with Gasteiger partial charge in [-0.1, -0.05) is 71.7 Å². The molecule has 234 valence electrons. The van der Waals surface area contributed by atoms with Gasteiger partial charge >= 0.3 is 0 Å². The van der Waals surface area contributed by atoms with Crippen LogP contribution in [0.5, 0.6) is 0 Å². The van der Waals surface area contributed by atoms with Gasteiger partial charge in [0.15, 0.2) is 0 Å². The van der Waals surface area contributed by atoms with Crippen LogP contribution in [0.1, 0.15) is 24.0 Å². The van der Waals surface area contributed by atoms with Gasteiger partial charge < -0.3 is 20.9 Å². The summed E-state index contributed by atoms with van der Waals surface area (Å²) in [4.78, 5) is 31.5. The molecule has 0 saturated carbocycles. The number of nitrogens with one attached hydrogen (secondary N) is 3. The fourth-order valence-corrected chi connectivity index (χ4v) is 7.04. The van der Waals surface area contributed by atoms with E-state index in [9.17, 15) is 9.59 Å². The van der Waals surface area contributed by atoms with Gasteiger partial charge in [-0.2, -0.15) is 0 Å². The largest absolute Gasteiger partial charge is 0.373 e. The molecule has 3 aromatic carbocycles. The Morgan fingerprint density at radius 1 is 0.935 bits per heavy atom. The van der Waals surface area contributed by atoms with Crippen molar-refractivity contribution < 1.29 is 4.79 Å². The van der Waals surface area contributed by atoms with Crippen LogP contribution in [-0.4, -0.2) is 48.0 Å². The molecule has 0 spiro atoms. The third-order valence-electron chi connectivity index (χ3n) is 8.92. The van der Waals surface area contributed by atoms with Crippen LogP contribution in [0.2, 0.25) is 10.0 Å². The Bertz CT molecular complexity index is 2030. The minimum Gasteiger partial charge on any atom is -0.373 e. The first kappa shape index (κ1) is 30.4. The fourth-order valence-electron chi connectivity index (χ4n) is 6.37. The first-order valence-electron chi connectivity index (χ1n) is 15.5. The number of amides is 1. The van der Waals surface area contributed by atoms with Crippen molar-refractivity contribution in [2.45, 2.75) is 32.0 Å². The highest BCUT2D eigenvalue weighted by Crippen LogP contribution is 2.43. The Kier molecular flexibility index (Phi) is 8.53. The van der Waals surface area contributed by atoms with E-state index in [0.717, 1.165) is 59.4 Å². The molecule has 2 aromatic heterocycles. The van der Waals surface area contributed by atoms with Crippen molar-refractivity contribution in [2.24, 2.45) is 0 Å². The summed E-state index contributed by atoms with van der Waals surface area (Å²) in [6.45, 7) is 3.70. The summed E-state index contributed by atoms with van der Waals surface area (Å²) in [5.41, 5.74) is 8.76. The van der Waals surface area contributed by atoms with Gasteiger partial charge in [-0.15, -0.1) is 0 Å². The summed E-state index contributed by atoms with van der Waals surface area (Å²) < 4.78 is 1.55. The SMILES string of the molecule is CN1CCNCc2ccc(-c3cccc(-c4cccc(-c5ccn6c(=O)c(CNC[C@@H]7CCC(=O)N7)cnc6c5)c4Cl)c3Cl)cc21. The van der Waals surface area contributed by atoms with Gasteiger partial charge in [0.2, 0.25) is 5.91 Å². The molecular formula is C36H34Cl2N6O2. The van der Waals surface area contributed by atoms with Crippen LogP contribution in [0.3, 0.4) is 0 Å². The molecule has 2 aliphatic rings. The summed E-state index contributed by atoms with van der Waals surface area (Å²) >= 11 is 14.2. The molecule has 3 N–H and O–H groups in total. The Morgan fingerprint density at radius 2 is 1.65 bits per heavy atom. The number of benzene rings is 3. The molecule has 46 heavy (non-hydrogen) atoms. The molecule has 10 heteroatoms. The lowest BCUT2D eigenvalue weighted by atomic mass is 9.95. The molecule has 8 nitrogen and oxygen atoms in total. The molecule has 0 bridgehead atoms. The maximum Gasteiger partial charge on any atom is 0.262 e. The summed E-state index contributed by atoms with van der Waals surface area (Å²) in [5, 5.41) is 10.9. The summed E-state index contributed by atoms with van der Waals surface area (Å²) in [6, 6.07) is 22.3. The quantitative estimate of drug-likeness (QED) is 0.203. The number of carbonyl (C=O) groups is 1. The van der Waals surface area contributed by atoms with Crippen LogP contribution in [0.4, 0.5) is 5.69 Å². The van der Waals surface area contributed by atoms with Crippen LogP contribution < -0.4 is 26.4 Å². The average molecular weight is 654 g/mol. The van der Waals surface area contributed by atoms with E-state index in [1.165, 1.54) is 11.3 Å². The topological polar surface area (TPSA) is 90.8 Å². The number of hydrogen-bond donors (Lipinski definition) is 3. The lowest BCUT2D eigenvalue weighted by molar-refractivity contribution is -0.119. The summed E-state index contributed by atoms with van der Waals surface area (Å²) in [6.07, 6.45) is 4.70. The second-order valence-electron chi connectivity index (χ2n) is 11.9. The van der Waals surface area contributed by atoms with Crippen LogP contribution in [-0.2, 0) is 17.9 Å². The van der Waals surface area contributed by atoms with Crippen molar-refractivity contribution in [3.8, 4) is 33.4 Å². The van der Waals surface area contributed by atoms with Crippen LogP contribution >= 0.6 is 23.2 Å². The minimum absolute atomic E-state index is 0.0732. The maximum atomic E-state index is 13.2. The first-order valence-corrected chi connectivity index (χ1v) is 16.3. The zero-order valence-electron chi connectivity index (χ0n) is 25.4. The Morgan fingerprint density at radius 3 is 2.37 bits per heavy atom. The molecule has 1 amide bonds. The molecule has 2 aliphatic heterocycles. The average Bonchev–Trinajstić information content (AvgIpc) is 3.39. The molecule has 1 fully saturated rings. The zero-order valence-corrected chi connectivity index (χ0v) is 27.0. The number of nitrogens with zero attached hydrogens (tertiary/aromatic N) is 3. The van der Waals surface area contributed by atoms with E-state index in [0.29, 0.717) is 40.8 Å². The van der Waals surface area contributed by atoms with Gasteiger partial charge in [0.05, 0.1) is 10.0 Å². The molecule has 0 unspecified atom stereocenters. The van der Waals surface area contributed by atoms with Gasteiger partial charge in [0.1, 0.15) is 5.65 Å². The highest BCUT2D eigenvalue weighted by molar-refractivity contribution is 6.39. The van der Waals surface area contributed by atoms with E-state index in [1.54, 1.807) is 16.8 Å². The third kappa shape index (κ3) is 5.89. The minimum atomic E-state index is -0.136. The number of pyridine rings is 1. The second kappa shape index (κ2) is 12.9. The zero-order chi connectivity index (χ0) is 31.8. The van der Waals surface area contributed by atoms with Crippen LogP contribution in [0.25, 0.3) is 39.0 Å². The van der Waals surface area contributed by atoms with E-state index in [4.69, 9.17) is 23.2 Å². The first-order chi connectivity index (χ1) is 22.4. The smallest absolute Gasteiger partial charge is 0.262 e. The molecule has 0 radical (unpaired) electrons. The number of carbonyl (C=O) groups excluding carboxylic acids is 1. The van der Waals surface area contributed by atoms with E-state index >= 15 is 0 Å². The Balaban J connectivity index is 1.17. The van der Waals surface area contributed by atoms with Gasteiger partial charge in [0, 0.05) is 98.1 Å². The number of likely N-dealkylation sites (N-methyl/N-ethyl adjacent to an activating group) is 1. The predicted octanol–water partition coefficient (Wildman–Crippen LogP) is 5.91. The highest BCUT2D eigenvalue weighted by Gasteiger charge is 2.21. The lowest BCUT2D eigenvalue weighted by Gasteiger charge is -2.20. The number of halogens is 2. The van der Waals surface area contributed by atoms with Crippen molar-refractivity contribution in [3.05, 3.63) is 111 Å². The molecule has 7 rings (SSSR count). The van der Waals surface area contributed by atoms with Crippen molar-refractivity contribution in [3.63, 3.8) is 0 Å². The number of fused-ring (bicyclic) bond motifs is 2. The molecule has 5 aromatic rings. The van der Waals surface area contributed by atoms with Gasteiger partial charge in [0.25, 0.3) is 5.56 Å². The molecule has 0 aliphatic carbocycles. The van der Waals surface area contributed by atoms with Crippen molar-refractivity contribution >= 4 is 40.4 Å². The predicted molar refractivity (Wildman–Crippen MR) is 186 cm³/mol. The van der Waals surface area contributed by atoms with Gasteiger partial charge in [-0.3, -0.25) is 14.0 Å². The second-order valence-corrected chi connectivity index (χ2v) is 12.7. The maximum absolute atomic E-state index is 13.2. The molecule has 1 atom stereocenters. The molecular weight excluding hydrogens is 619 g/mol. The third-order valence-corrected chi connectivity index (χ3v) is 9.73. The van der Waals surface area contributed by atoms with Crippen molar-refractivity contribution in [2.75, 3.05) is 31.6 Å². The Labute approximate surface area is 277 Å². The number of aromatic nitrogens is 2. The van der Waals surface area contributed by atoms with E-state index in [2.05, 4.69) is 51.1 Å². The van der Waals surface area contributed by atoms with E-state index in [1.807, 2.05) is 48.5 Å². The molecule has 4 heterocycles. The fraction of sp³-hybridized carbons (Fsp3) is 0.250. The normalized spacial score (nSPS) is 16.4. The van der Waals surface area contributed by atoms with Crippen molar-refractivity contribution in [1.82, 2.24) is 25.3 Å². The number of hydrogen-bond acceptors (Lipinski definition) is 6. The summed E-state index contributed by atoms with van der Waals surface area (Å²) in [7, 11) is 2.12. The van der Waals surface area contributed by atoms with Crippen molar-refractivity contribution in [1.29, 1.82) is 0 Å². The molecule has 1 saturated heterocycles. The summed E-state index contributed by atoms with van der Waals surface area (Å²) in [5.74, 6) is 0.0732. The van der Waals surface area contributed by atoms with E-state index in [-0.39, 0.29) is 17.5 Å². The highest BCUT2D eigenvalue weighted by atomic mass is 35.5. The lowest BCUT2D eigenvalue weighted by Crippen LogP contribution is -2.36. The van der Waals surface area contributed by atoms with Crippen LogP contribution in [0.15, 0.2) is 83.9 Å². The Hall–Kier alpha value is -4.21. The monoisotopic (exact) mass is 652 g/mol. The van der Waals surface area contributed by atoms with Crippen LogP contribution in [0, 0.1) is 0 Å². The van der Waals surface area contributed by atoms with E-state index < -0.39 is 0 Å². The van der Waals surface area contributed by atoms with Gasteiger partial charge in [-0.05, 0) is 41.3 Å². The standard InChI is InChI=1S/C36H34Cl2N6O2/c1-43-15-13-39-18-24-9-8-22(16-31(24)43)27-4-2-6-29(34(27)37)30-7-3-5-28(35(30)38)23-12-14-44-32(17-23)41-20-25(36(44)46)19-40-21-26-10-11-33(45)42-26/h2-9,12,14,16-17,20,26,39-40H,10-11,13,15,18-19,21H2,1H3,(H,42,45)/t26-/m0/s1. The van der Waals surface area contributed by atoms with Gasteiger partial charge in [-0.25, -0.2) is 4.98 Å².